The van der Waals surface area contributed by atoms with Gasteiger partial charge in [0.2, 0.25) is 0 Å². The lowest BCUT2D eigenvalue weighted by molar-refractivity contribution is 0.755. The maximum absolute atomic E-state index is 5.80. The Kier molecular flexibility index (Phi) is 2.74. The van der Waals surface area contributed by atoms with E-state index in [4.69, 9.17) is 11.6 Å². The first kappa shape index (κ1) is 8.89. The summed E-state index contributed by atoms with van der Waals surface area (Å²) in [6, 6.07) is 8.63. The molecule has 0 unspecified atom stereocenters. The van der Waals surface area contributed by atoms with Crippen molar-refractivity contribution in [3.05, 3.63) is 29.3 Å². The first-order valence-corrected chi connectivity index (χ1v) is 5.24. The molecular weight excluding hydrogens is 182 g/mol. The van der Waals surface area contributed by atoms with Gasteiger partial charge in [0, 0.05) is 16.8 Å². The largest absolute Gasteiger partial charge is 0.382 e. The van der Waals surface area contributed by atoms with Crippen molar-refractivity contribution in [1.82, 2.24) is 0 Å². The van der Waals surface area contributed by atoms with E-state index in [0.29, 0.717) is 6.04 Å². The van der Waals surface area contributed by atoms with Gasteiger partial charge >= 0.3 is 0 Å². The molecule has 0 heterocycles. The number of rotatable bonds is 2. The third kappa shape index (κ3) is 2.38. The molecule has 1 aliphatic rings. The second-order valence-electron chi connectivity index (χ2n) is 3.63. The van der Waals surface area contributed by atoms with E-state index < -0.39 is 0 Å². The Morgan fingerprint density at radius 3 is 2.31 bits per heavy atom. The zero-order valence-corrected chi connectivity index (χ0v) is 8.35. The van der Waals surface area contributed by atoms with E-state index in [1.165, 1.54) is 31.4 Å². The standard InChI is InChI=1S/C11H14ClN/c12-9-5-7-11(8-6-9)13-10-3-1-2-4-10/h5-8,10,13H,1-4H2. The smallest absolute Gasteiger partial charge is 0.0407 e. The summed E-state index contributed by atoms with van der Waals surface area (Å²) in [7, 11) is 0. The lowest BCUT2D eigenvalue weighted by Crippen LogP contribution is -2.14. The van der Waals surface area contributed by atoms with E-state index in [2.05, 4.69) is 5.32 Å². The van der Waals surface area contributed by atoms with E-state index in [0.717, 1.165) is 5.02 Å². The molecule has 0 saturated heterocycles. The van der Waals surface area contributed by atoms with Crippen molar-refractivity contribution in [2.24, 2.45) is 0 Å². The normalized spacial score (nSPS) is 17.6. The van der Waals surface area contributed by atoms with Gasteiger partial charge in [-0.1, -0.05) is 24.4 Å². The predicted molar refractivity (Wildman–Crippen MR) is 57.3 cm³/mol. The number of nitrogens with one attached hydrogen (secondary N) is 1. The Balaban J connectivity index is 1.97. The molecule has 1 nitrogen and oxygen atoms in total. The maximum atomic E-state index is 5.80. The van der Waals surface area contributed by atoms with Crippen molar-refractivity contribution in [3.63, 3.8) is 0 Å². The molecule has 13 heavy (non-hydrogen) atoms. The van der Waals surface area contributed by atoms with Gasteiger partial charge in [0.15, 0.2) is 0 Å². The fourth-order valence-corrected chi connectivity index (χ4v) is 1.98. The summed E-state index contributed by atoms with van der Waals surface area (Å²) >= 11 is 5.80. The van der Waals surface area contributed by atoms with Crippen LogP contribution in [0.5, 0.6) is 0 Å². The summed E-state index contributed by atoms with van der Waals surface area (Å²) in [6.07, 6.45) is 5.35. The second-order valence-corrected chi connectivity index (χ2v) is 4.07. The van der Waals surface area contributed by atoms with Crippen LogP contribution in [-0.4, -0.2) is 6.04 Å². The molecule has 0 radical (unpaired) electrons. The summed E-state index contributed by atoms with van der Waals surface area (Å²) < 4.78 is 0. The maximum Gasteiger partial charge on any atom is 0.0407 e. The van der Waals surface area contributed by atoms with Crippen LogP contribution >= 0.6 is 11.6 Å². The van der Waals surface area contributed by atoms with Gasteiger partial charge in [0.05, 0.1) is 0 Å². The molecule has 1 fully saturated rings. The molecule has 1 saturated carbocycles. The van der Waals surface area contributed by atoms with Gasteiger partial charge in [-0.15, -0.1) is 0 Å². The molecule has 0 atom stereocenters. The highest BCUT2D eigenvalue weighted by molar-refractivity contribution is 6.30. The van der Waals surface area contributed by atoms with Gasteiger partial charge in [-0.2, -0.15) is 0 Å². The van der Waals surface area contributed by atoms with Crippen LogP contribution < -0.4 is 5.32 Å². The SMILES string of the molecule is Clc1ccc(NC2CCCC2)cc1. The summed E-state index contributed by atoms with van der Waals surface area (Å²) in [5.74, 6) is 0. The van der Waals surface area contributed by atoms with Gasteiger partial charge < -0.3 is 5.32 Å². The van der Waals surface area contributed by atoms with Crippen molar-refractivity contribution in [2.45, 2.75) is 31.7 Å². The summed E-state index contributed by atoms with van der Waals surface area (Å²) in [5, 5.41) is 4.31. The molecular formula is C11H14ClN. The average molecular weight is 196 g/mol. The Labute approximate surface area is 84.1 Å². The molecule has 2 heteroatoms. The van der Waals surface area contributed by atoms with Crippen LogP contribution in [0.3, 0.4) is 0 Å². The van der Waals surface area contributed by atoms with E-state index >= 15 is 0 Å². The number of anilines is 1. The summed E-state index contributed by atoms with van der Waals surface area (Å²) in [5.41, 5.74) is 1.19. The summed E-state index contributed by atoms with van der Waals surface area (Å²) in [6.45, 7) is 0. The zero-order chi connectivity index (χ0) is 9.10. The van der Waals surface area contributed by atoms with Crippen molar-refractivity contribution >= 4 is 17.3 Å². The molecule has 0 aromatic heterocycles. The van der Waals surface area contributed by atoms with Gasteiger partial charge in [0.25, 0.3) is 0 Å². The third-order valence-corrected chi connectivity index (χ3v) is 2.82. The fraction of sp³-hybridized carbons (Fsp3) is 0.455. The minimum absolute atomic E-state index is 0.682. The van der Waals surface area contributed by atoms with Crippen LogP contribution in [-0.2, 0) is 0 Å². The number of hydrogen-bond donors (Lipinski definition) is 1. The Bertz CT molecular complexity index is 262. The Morgan fingerprint density at radius 1 is 1.08 bits per heavy atom. The lowest BCUT2D eigenvalue weighted by Gasteiger charge is -2.12. The van der Waals surface area contributed by atoms with Crippen LogP contribution in [0.15, 0.2) is 24.3 Å². The van der Waals surface area contributed by atoms with Crippen LogP contribution in [0.25, 0.3) is 0 Å². The first-order chi connectivity index (χ1) is 6.34. The highest BCUT2D eigenvalue weighted by Gasteiger charge is 2.13. The second kappa shape index (κ2) is 4.01. The first-order valence-electron chi connectivity index (χ1n) is 4.87. The molecule has 1 aliphatic carbocycles. The summed E-state index contributed by atoms with van der Waals surface area (Å²) in [4.78, 5) is 0. The van der Waals surface area contributed by atoms with E-state index in [-0.39, 0.29) is 0 Å². The van der Waals surface area contributed by atoms with Crippen LogP contribution in [0.4, 0.5) is 5.69 Å². The van der Waals surface area contributed by atoms with E-state index in [1.54, 1.807) is 0 Å². The molecule has 0 amide bonds. The topological polar surface area (TPSA) is 12.0 Å². The third-order valence-electron chi connectivity index (χ3n) is 2.57. The average Bonchev–Trinajstić information content (AvgIpc) is 2.62. The van der Waals surface area contributed by atoms with Gasteiger partial charge in [-0.3, -0.25) is 0 Å². The van der Waals surface area contributed by atoms with Crippen molar-refractivity contribution in [1.29, 1.82) is 0 Å². The monoisotopic (exact) mass is 195 g/mol. The number of benzene rings is 1. The van der Waals surface area contributed by atoms with Crippen LogP contribution in [0.2, 0.25) is 5.02 Å². The lowest BCUT2D eigenvalue weighted by atomic mass is 10.2. The van der Waals surface area contributed by atoms with E-state index in [9.17, 15) is 0 Å². The fourth-order valence-electron chi connectivity index (χ4n) is 1.85. The van der Waals surface area contributed by atoms with Gasteiger partial charge in [-0.05, 0) is 37.1 Å². The molecule has 1 aromatic rings. The molecule has 2 rings (SSSR count). The van der Waals surface area contributed by atoms with Gasteiger partial charge in [0.1, 0.15) is 0 Å². The minimum atomic E-state index is 0.682. The quantitative estimate of drug-likeness (QED) is 0.759. The highest BCUT2D eigenvalue weighted by atomic mass is 35.5. The molecule has 1 aromatic carbocycles. The predicted octanol–water partition coefficient (Wildman–Crippen LogP) is 3.69. The molecule has 1 N–H and O–H groups in total. The number of halogens is 1. The van der Waals surface area contributed by atoms with Gasteiger partial charge in [-0.25, -0.2) is 0 Å². The van der Waals surface area contributed by atoms with Crippen LogP contribution in [0, 0.1) is 0 Å². The van der Waals surface area contributed by atoms with Crippen molar-refractivity contribution in [3.8, 4) is 0 Å². The highest BCUT2D eigenvalue weighted by Crippen LogP contribution is 2.22. The molecule has 70 valence electrons. The molecule has 0 aliphatic heterocycles. The Morgan fingerprint density at radius 2 is 1.69 bits per heavy atom. The molecule has 0 bridgehead atoms. The Hall–Kier alpha value is -0.690. The molecule has 0 spiro atoms. The van der Waals surface area contributed by atoms with Crippen molar-refractivity contribution < 1.29 is 0 Å². The number of hydrogen-bond acceptors (Lipinski definition) is 1. The van der Waals surface area contributed by atoms with E-state index in [1.807, 2.05) is 24.3 Å². The minimum Gasteiger partial charge on any atom is -0.382 e. The van der Waals surface area contributed by atoms with Crippen LogP contribution in [0.1, 0.15) is 25.7 Å². The van der Waals surface area contributed by atoms with Crippen molar-refractivity contribution in [2.75, 3.05) is 5.32 Å². The zero-order valence-electron chi connectivity index (χ0n) is 7.59.